The van der Waals surface area contributed by atoms with Gasteiger partial charge in [-0.15, -0.1) is 0 Å². The van der Waals surface area contributed by atoms with Crippen molar-refractivity contribution in [3.05, 3.63) is 0 Å². The molecule has 1 aliphatic heterocycles. The zero-order valence-corrected chi connectivity index (χ0v) is 8.16. The number of likely N-dealkylation sites (N-methyl/N-ethyl adjacent to an activating group) is 1. The summed E-state index contributed by atoms with van der Waals surface area (Å²) in [7, 11) is 1.89. The number of hydrogen-bond donors (Lipinski definition) is 0. The monoisotopic (exact) mass is 183 g/mol. The van der Waals surface area contributed by atoms with Gasteiger partial charge in [0.2, 0.25) is 5.91 Å². The van der Waals surface area contributed by atoms with Gasteiger partial charge in [0.05, 0.1) is 6.10 Å². The molecule has 3 nitrogen and oxygen atoms in total. The molecule has 1 atom stereocenters. The minimum atomic E-state index is 0.299. The molecule has 0 aromatic carbocycles. The van der Waals surface area contributed by atoms with Crippen molar-refractivity contribution in [2.45, 2.75) is 31.8 Å². The Labute approximate surface area is 79.0 Å². The lowest BCUT2D eigenvalue weighted by Gasteiger charge is -2.20. The van der Waals surface area contributed by atoms with Gasteiger partial charge in [0.1, 0.15) is 0 Å². The Morgan fingerprint density at radius 3 is 2.77 bits per heavy atom. The van der Waals surface area contributed by atoms with Gasteiger partial charge in [0, 0.05) is 26.1 Å². The normalized spacial score (nSPS) is 27.6. The Bertz CT molecular complexity index is 195. The maximum absolute atomic E-state index is 11.6. The van der Waals surface area contributed by atoms with Crippen LogP contribution in [-0.2, 0) is 9.53 Å². The highest BCUT2D eigenvalue weighted by Gasteiger charge is 2.33. The molecule has 74 valence electrons. The standard InChI is InChI=1S/C10H17NO2/c1-11(10(12)8-4-5-8)7-9-3-2-6-13-9/h8-9H,2-7H2,1H3. The Hall–Kier alpha value is -0.570. The molecule has 1 saturated carbocycles. The van der Waals surface area contributed by atoms with Crippen molar-refractivity contribution in [1.29, 1.82) is 0 Å². The van der Waals surface area contributed by atoms with Crippen molar-refractivity contribution < 1.29 is 9.53 Å². The zero-order valence-electron chi connectivity index (χ0n) is 8.16. The predicted octanol–water partition coefficient (Wildman–Crippen LogP) is 1.03. The Kier molecular flexibility index (Phi) is 2.54. The van der Waals surface area contributed by atoms with E-state index in [2.05, 4.69) is 0 Å². The fraction of sp³-hybridized carbons (Fsp3) is 0.900. The van der Waals surface area contributed by atoms with E-state index in [9.17, 15) is 4.79 Å². The quantitative estimate of drug-likeness (QED) is 0.654. The summed E-state index contributed by atoms with van der Waals surface area (Å²) >= 11 is 0. The van der Waals surface area contributed by atoms with Crippen LogP contribution in [0, 0.1) is 5.92 Å². The third kappa shape index (κ3) is 2.21. The van der Waals surface area contributed by atoms with Crippen LogP contribution in [0.5, 0.6) is 0 Å². The number of ether oxygens (including phenoxy) is 1. The van der Waals surface area contributed by atoms with Gasteiger partial charge in [-0.3, -0.25) is 4.79 Å². The number of nitrogens with zero attached hydrogens (tertiary/aromatic N) is 1. The lowest BCUT2D eigenvalue weighted by atomic mass is 10.2. The molecular weight excluding hydrogens is 166 g/mol. The highest BCUT2D eigenvalue weighted by atomic mass is 16.5. The number of amides is 1. The van der Waals surface area contributed by atoms with Gasteiger partial charge in [-0.2, -0.15) is 0 Å². The summed E-state index contributed by atoms with van der Waals surface area (Å²) in [5.74, 6) is 0.655. The molecule has 3 heteroatoms. The zero-order chi connectivity index (χ0) is 9.26. The molecule has 2 aliphatic rings. The van der Waals surface area contributed by atoms with Crippen LogP contribution in [0.15, 0.2) is 0 Å². The van der Waals surface area contributed by atoms with Crippen LogP contribution in [0.4, 0.5) is 0 Å². The van der Waals surface area contributed by atoms with Gasteiger partial charge >= 0.3 is 0 Å². The topological polar surface area (TPSA) is 29.5 Å². The minimum Gasteiger partial charge on any atom is -0.376 e. The van der Waals surface area contributed by atoms with Gasteiger partial charge in [-0.05, 0) is 25.7 Å². The summed E-state index contributed by atoms with van der Waals surface area (Å²) in [5.41, 5.74) is 0. The Balaban J connectivity index is 1.75. The van der Waals surface area contributed by atoms with Crippen LogP contribution in [-0.4, -0.2) is 37.1 Å². The summed E-state index contributed by atoms with van der Waals surface area (Å²) < 4.78 is 5.48. The van der Waals surface area contributed by atoms with Crippen molar-refractivity contribution >= 4 is 5.91 Å². The summed E-state index contributed by atoms with van der Waals surface area (Å²) in [5, 5.41) is 0. The molecule has 0 N–H and O–H groups in total. The van der Waals surface area contributed by atoms with Crippen molar-refractivity contribution in [2.75, 3.05) is 20.2 Å². The highest BCUT2D eigenvalue weighted by molar-refractivity contribution is 5.80. The maximum Gasteiger partial charge on any atom is 0.225 e. The van der Waals surface area contributed by atoms with E-state index < -0.39 is 0 Å². The van der Waals surface area contributed by atoms with Crippen LogP contribution in [0.25, 0.3) is 0 Å². The summed E-state index contributed by atoms with van der Waals surface area (Å²) in [4.78, 5) is 13.4. The van der Waals surface area contributed by atoms with Crippen LogP contribution < -0.4 is 0 Å². The highest BCUT2D eigenvalue weighted by Crippen LogP contribution is 2.30. The second-order valence-corrected chi connectivity index (χ2v) is 4.13. The fourth-order valence-corrected chi connectivity index (χ4v) is 1.83. The lowest BCUT2D eigenvalue weighted by Crippen LogP contribution is -2.34. The average Bonchev–Trinajstić information content (AvgIpc) is 2.85. The molecule has 0 bridgehead atoms. The molecule has 0 radical (unpaired) electrons. The molecule has 2 rings (SSSR count). The number of hydrogen-bond acceptors (Lipinski definition) is 2. The Morgan fingerprint density at radius 2 is 2.23 bits per heavy atom. The fourth-order valence-electron chi connectivity index (χ4n) is 1.83. The molecule has 0 aromatic rings. The van der Waals surface area contributed by atoms with Gasteiger partial charge in [-0.1, -0.05) is 0 Å². The first-order chi connectivity index (χ1) is 6.27. The van der Waals surface area contributed by atoms with Crippen molar-refractivity contribution in [3.63, 3.8) is 0 Å². The summed E-state index contributed by atoms with van der Waals surface area (Å²) in [6, 6.07) is 0. The second-order valence-electron chi connectivity index (χ2n) is 4.13. The third-order valence-electron chi connectivity index (χ3n) is 2.80. The van der Waals surface area contributed by atoms with Crippen molar-refractivity contribution in [3.8, 4) is 0 Å². The number of carbonyl (C=O) groups is 1. The predicted molar refractivity (Wildman–Crippen MR) is 49.3 cm³/mol. The van der Waals surface area contributed by atoms with Crippen LogP contribution >= 0.6 is 0 Å². The molecular formula is C10H17NO2. The van der Waals surface area contributed by atoms with E-state index in [1.807, 2.05) is 11.9 Å². The van der Waals surface area contributed by atoms with E-state index in [1.54, 1.807) is 0 Å². The molecule has 13 heavy (non-hydrogen) atoms. The summed E-state index contributed by atoms with van der Waals surface area (Å²) in [6.07, 6.45) is 4.75. The maximum atomic E-state index is 11.6. The van der Waals surface area contributed by atoms with Crippen molar-refractivity contribution in [2.24, 2.45) is 5.92 Å². The first kappa shape index (κ1) is 9.00. The molecule has 1 heterocycles. The Morgan fingerprint density at radius 1 is 1.46 bits per heavy atom. The van der Waals surface area contributed by atoms with E-state index >= 15 is 0 Å². The lowest BCUT2D eigenvalue weighted by molar-refractivity contribution is -0.132. The molecule has 1 amide bonds. The van der Waals surface area contributed by atoms with Crippen molar-refractivity contribution in [1.82, 2.24) is 4.90 Å². The number of rotatable bonds is 3. The third-order valence-corrected chi connectivity index (χ3v) is 2.80. The molecule has 0 aromatic heterocycles. The van der Waals surface area contributed by atoms with Gasteiger partial charge in [-0.25, -0.2) is 0 Å². The van der Waals surface area contributed by atoms with Gasteiger partial charge in [0.25, 0.3) is 0 Å². The SMILES string of the molecule is CN(CC1CCCO1)C(=O)C1CC1. The first-order valence-corrected chi connectivity index (χ1v) is 5.14. The second kappa shape index (κ2) is 3.66. The molecule has 1 unspecified atom stereocenters. The van der Waals surface area contributed by atoms with E-state index in [0.29, 0.717) is 17.9 Å². The molecule has 0 spiro atoms. The van der Waals surface area contributed by atoms with E-state index in [-0.39, 0.29) is 0 Å². The minimum absolute atomic E-state index is 0.299. The molecule has 1 saturated heterocycles. The average molecular weight is 183 g/mol. The van der Waals surface area contributed by atoms with Gasteiger partial charge < -0.3 is 9.64 Å². The largest absolute Gasteiger partial charge is 0.376 e. The van der Waals surface area contributed by atoms with E-state index in [1.165, 1.54) is 0 Å². The van der Waals surface area contributed by atoms with Crippen LogP contribution in [0.1, 0.15) is 25.7 Å². The van der Waals surface area contributed by atoms with E-state index in [4.69, 9.17) is 4.74 Å². The smallest absolute Gasteiger partial charge is 0.225 e. The number of carbonyl (C=O) groups excluding carboxylic acids is 1. The van der Waals surface area contributed by atoms with Crippen LogP contribution in [0.2, 0.25) is 0 Å². The summed E-state index contributed by atoms with van der Waals surface area (Å²) in [6.45, 7) is 1.66. The van der Waals surface area contributed by atoms with E-state index in [0.717, 1.165) is 38.8 Å². The van der Waals surface area contributed by atoms with Crippen LogP contribution in [0.3, 0.4) is 0 Å². The molecule has 1 aliphatic carbocycles. The first-order valence-electron chi connectivity index (χ1n) is 5.14. The molecule has 2 fully saturated rings. The van der Waals surface area contributed by atoms with Gasteiger partial charge in [0.15, 0.2) is 0 Å².